The molecule has 5 nitrogen and oxygen atoms in total. The molecule has 2 aromatic rings. The standard InChI is InChI=1S/C24H32O5/c1-16(5-9-20-23(2,3)21(25)11-13-24(20,4)27)12-14-28-18-8-6-17-7-10-22(26)29-19(17)15-18/h6-8,10,12,15,20-21,25,27H,5,9,11,13-14H2,1-4H3/b16-12+/t20-,21-,24+/m0/s1. The van der Waals surface area contributed by atoms with Gasteiger partial charge in [-0.25, -0.2) is 4.79 Å². The molecule has 2 N–H and O–H groups in total. The number of rotatable bonds is 6. The van der Waals surface area contributed by atoms with Crippen molar-refractivity contribution in [2.24, 2.45) is 11.3 Å². The first-order valence-electron chi connectivity index (χ1n) is 10.3. The fourth-order valence-electron chi connectivity index (χ4n) is 4.58. The van der Waals surface area contributed by atoms with Crippen molar-refractivity contribution in [3.8, 4) is 5.75 Å². The van der Waals surface area contributed by atoms with Crippen molar-refractivity contribution < 1.29 is 19.4 Å². The van der Waals surface area contributed by atoms with E-state index in [2.05, 4.69) is 20.8 Å². The molecule has 1 aromatic heterocycles. The maximum absolute atomic E-state index is 11.4. The molecule has 1 aliphatic rings. The molecule has 0 saturated heterocycles. The van der Waals surface area contributed by atoms with Crippen LogP contribution in [0.15, 0.2) is 51.2 Å². The Kier molecular flexibility index (Phi) is 6.20. The van der Waals surface area contributed by atoms with Crippen molar-refractivity contribution in [1.29, 1.82) is 0 Å². The first kappa shape index (κ1) is 21.6. The number of aliphatic hydroxyl groups is 2. The number of ether oxygens (including phenoxy) is 1. The van der Waals surface area contributed by atoms with E-state index in [0.717, 1.165) is 18.2 Å². The van der Waals surface area contributed by atoms with Gasteiger partial charge in [-0.15, -0.1) is 0 Å². The summed E-state index contributed by atoms with van der Waals surface area (Å²) in [5.74, 6) is 0.682. The molecule has 0 amide bonds. The van der Waals surface area contributed by atoms with E-state index in [1.807, 2.05) is 25.1 Å². The Balaban J connectivity index is 1.58. The van der Waals surface area contributed by atoms with Gasteiger partial charge in [0.25, 0.3) is 0 Å². The van der Waals surface area contributed by atoms with Crippen molar-refractivity contribution in [2.75, 3.05) is 6.61 Å². The highest BCUT2D eigenvalue weighted by atomic mass is 16.5. The van der Waals surface area contributed by atoms with Gasteiger partial charge < -0.3 is 19.4 Å². The molecule has 0 unspecified atom stereocenters. The van der Waals surface area contributed by atoms with E-state index in [1.54, 1.807) is 12.1 Å². The van der Waals surface area contributed by atoms with Crippen molar-refractivity contribution in [1.82, 2.24) is 0 Å². The topological polar surface area (TPSA) is 79.9 Å². The van der Waals surface area contributed by atoms with Gasteiger partial charge in [-0.1, -0.05) is 19.4 Å². The minimum Gasteiger partial charge on any atom is -0.489 e. The minimum absolute atomic E-state index is 0.0337. The second-order valence-corrected chi connectivity index (χ2v) is 9.14. The molecule has 29 heavy (non-hydrogen) atoms. The van der Waals surface area contributed by atoms with E-state index in [9.17, 15) is 15.0 Å². The molecule has 3 atom stereocenters. The molecular formula is C24H32O5. The van der Waals surface area contributed by atoms with E-state index in [-0.39, 0.29) is 23.1 Å². The Bertz CT molecular complexity index is 938. The summed E-state index contributed by atoms with van der Waals surface area (Å²) in [5.41, 5.74) is 0.249. The van der Waals surface area contributed by atoms with Gasteiger partial charge >= 0.3 is 5.63 Å². The fraction of sp³-hybridized carbons (Fsp3) is 0.542. The van der Waals surface area contributed by atoms with Gasteiger partial charge in [0.15, 0.2) is 0 Å². The summed E-state index contributed by atoms with van der Waals surface area (Å²) in [6.07, 6.45) is 4.59. The Hall–Kier alpha value is -2.11. The third-order valence-electron chi connectivity index (χ3n) is 6.54. The number of aliphatic hydroxyl groups excluding tert-OH is 1. The van der Waals surface area contributed by atoms with Crippen LogP contribution in [0.3, 0.4) is 0 Å². The minimum atomic E-state index is -0.755. The molecule has 5 heteroatoms. The summed E-state index contributed by atoms with van der Waals surface area (Å²) in [4.78, 5) is 11.4. The Morgan fingerprint density at radius 2 is 2.00 bits per heavy atom. The van der Waals surface area contributed by atoms with Crippen LogP contribution in [-0.4, -0.2) is 28.5 Å². The van der Waals surface area contributed by atoms with E-state index in [0.29, 0.717) is 30.8 Å². The number of benzene rings is 1. The largest absolute Gasteiger partial charge is 0.489 e. The SMILES string of the molecule is C/C(=C\COc1ccc2ccc(=O)oc2c1)CC[C@H]1C(C)(C)[C@@H](O)CC[C@@]1(C)O. The maximum Gasteiger partial charge on any atom is 0.336 e. The van der Waals surface area contributed by atoms with E-state index >= 15 is 0 Å². The molecular weight excluding hydrogens is 368 g/mol. The van der Waals surface area contributed by atoms with Gasteiger partial charge in [0.05, 0.1) is 11.7 Å². The summed E-state index contributed by atoms with van der Waals surface area (Å²) in [5, 5.41) is 22.1. The molecule has 1 fully saturated rings. The number of hydrogen-bond acceptors (Lipinski definition) is 5. The Morgan fingerprint density at radius 1 is 1.28 bits per heavy atom. The zero-order valence-corrected chi connectivity index (χ0v) is 17.8. The second-order valence-electron chi connectivity index (χ2n) is 9.14. The molecule has 1 saturated carbocycles. The smallest absolute Gasteiger partial charge is 0.336 e. The summed E-state index contributed by atoms with van der Waals surface area (Å²) in [6, 6.07) is 8.58. The number of fused-ring (bicyclic) bond motifs is 1. The summed E-state index contributed by atoms with van der Waals surface area (Å²) < 4.78 is 11.0. The average molecular weight is 401 g/mol. The van der Waals surface area contributed by atoms with Crippen LogP contribution in [0.4, 0.5) is 0 Å². The van der Waals surface area contributed by atoms with Gasteiger partial charge in [-0.05, 0) is 75.1 Å². The maximum atomic E-state index is 11.4. The molecule has 3 rings (SSSR count). The van der Waals surface area contributed by atoms with Crippen LogP contribution in [0.5, 0.6) is 5.75 Å². The quantitative estimate of drug-likeness (QED) is 0.553. The van der Waals surface area contributed by atoms with Crippen LogP contribution in [0.2, 0.25) is 0 Å². The third kappa shape index (κ3) is 4.90. The molecule has 1 aromatic carbocycles. The van der Waals surface area contributed by atoms with Gasteiger partial charge in [0, 0.05) is 17.5 Å². The molecule has 1 aliphatic carbocycles. The highest BCUT2D eigenvalue weighted by molar-refractivity contribution is 5.77. The van der Waals surface area contributed by atoms with Crippen molar-refractivity contribution >= 4 is 11.0 Å². The third-order valence-corrected chi connectivity index (χ3v) is 6.54. The average Bonchev–Trinajstić information content (AvgIpc) is 2.64. The van der Waals surface area contributed by atoms with Gasteiger partial charge in [-0.2, -0.15) is 0 Å². The molecule has 0 spiro atoms. The first-order chi connectivity index (χ1) is 13.6. The lowest BCUT2D eigenvalue weighted by Crippen LogP contribution is -2.53. The highest BCUT2D eigenvalue weighted by Crippen LogP contribution is 2.48. The first-order valence-corrected chi connectivity index (χ1v) is 10.3. The Labute approximate surface area is 172 Å². The van der Waals surface area contributed by atoms with Crippen molar-refractivity contribution in [3.05, 3.63) is 52.4 Å². The molecule has 0 bridgehead atoms. The van der Waals surface area contributed by atoms with Crippen LogP contribution in [0.1, 0.15) is 53.4 Å². The van der Waals surface area contributed by atoms with Crippen LogP contribution in [0.25, 0.3) is 11.0 Å². The monoisotopic (exact) mass is 400 g/mol. The fourth-order valence-corrected chi connectivity index (χ4v) is 4.58. The van der Waals surface area contributed by atoms with Crippen molar-refractivity contribution in [2.45, 2.75) is 65.1 Å². The van der Waals surface area contributed by atoms with Gasteiger partial charge in [0.1, 0.15) is 17.9 Å². The summed E-state index contributed by atoms with van der Waals surface area (Å²) >= 11 is 0. The van der Waals surface area contributed by atoms with Gasteiger partial charge in [-0.3, -0.25) is 0 Å². The normalized spacial score (nSPS) is 27.2. The highest BCUT2D eigenvalue weighted by Gasteiger charge is 2.49. The summed E-state index contributed by atoms with van der Waals surface area (Å²) in [7, 11) is 0. The predicted molar refractivity (Wildman–Crippen MR) is 114 cm³/mol. The lowest BCUT2D eigenvalue weighted by atomic mass is 9.59. The molecule has 0 aliphatic heterocycles. The lowest BCUT2D eigenvalue weighted by molar-refractivity contribution is -0.145. The van der Waals surface area contributed by atoms with E-state index < -0.39 is 5.60 Å². The summed E-state index contributed by atoms with van der Waals surface area (Å²) in [6.45, 7) is 8.48. The molecule has 0 radical (unpaired) electrons. The molecule has 1 heterocycles. The number of hydrogen-bond donors (Lipinski definition) is 2. The van der Waals surface area contributed by atoms with Crippen LogP contribution in [-0.2, 0) is 0 Å². The zero-order chi connectivity index (χ0) is 21.2. The van der Waals surface area contributed by atoms with Crippen LogP contribution < -0.4 is 10.4 Å². The van der Waals surface area contributed by atoms with E-state index in [4.69, 9.17) is 9.15 Å². The second kappa shape index (κ2) is 8.33. The number of allylic oxidation sites excluding steroid dienone is 1. The van der Waals surface area contributed by atoms with Gasteiger partial charge in [0.2, 0.25) is 0 Å². The van der Waals surface area contributed by atoms with Crippen LogP contribution in [0, 0.1) is 11.3 Å². The zero-order valence-electron chi connectivity index (χ0n) is 17.8. The Morgan fingerprint density at radius 3 is 2.76 bits per heavy atom. The molecule has 158 valence electrons. The van der Waals surface area contributed by atoms with Crippen LogP contribution >= 0.6 is 0 Å². The van der Waals surface area contributed by atoms with E-state index in [1.165, 1.54) is 11.6 Å². The van der Waals surface area contributed by atoms with Crippen molar-refractivity contribution in [3.63, 3.8) is 0 Å². The predicted octanol–water partition coefficient (Wildman–Crippen LogP) is 4.45. The lowest BCUT2D eigenvalue weighted by Gasteiger charge is -2.51.